The molecule has 0 N–H and O–H groups in total. The van der Waals surface area contributed by atoms with Gasteiger partial charge in [0.2, 0.25) is 0 Å². The Morgan fingerprint density at radius 1 is 1.00 bits per heavy atom. The van der Waals surface area contributed by atoms with Gasteiger partial charge in [0.05, 0.1) is 0 Å². The molecule has 0 unspecified atom stereocenters. The zero-order valence-corrected chi connectivity index (χ0v) is 14.5. The van der Waals surface area contributed by atoms with Crippen molar-refractivity contribution in [1.82, 2.24) is 9.38 Å². The highest BCUT2D eigenvalue weighted by Crippen LogP contribution is 2.28. The zero-order valence-electron chi connectivity index (χ0n) is 14.5. The van der Waals surface area contributed by atoms with Gasteiger partial charge < -0.3 is 4.90 Å². The van der Waals surface area contributed by atoms with E-state index in [1.54, 1.807) is 23.2 Å². The molecule has 5 heteroatoms. The van der Waals surface area contributed by atoms with E-state index in [1.807, 2.05) is 36.4 Å². The number of amides is 1. The highest BCUT2D eigenvalue weighted by molar-refractivity contribution is 6.06. The van der Waals surface area contributed by atoms with Gasteiger partial charge in [0.1, 0.15) is 11.2 Å². The van der Waals surface area contributed by atoms with Crippen LogP contribution in [0.1, 0.15) is 42.5 Å². The number of pyridine rings is 1. The van der Waals surface area contributed by atoms with Gasteiger partial charge in [-0.05, 0) is 37.1 Å². The number of hydrogen-bond donors (Lipinski definition) is 0. The van der Waals surface area contributed by atoms with Crippen molar-refractivity contribution in [2.24, 2.45) is 0 Å². The van der Waals surface area contributed by atoms with Crippen LogP contribution in [0.4, 0.5) is 5.69 Å². The van der Waals surface area contributed by atoms with E-state index in [2.05, 4.69) is 4.98 Å². The van der Waals surface area contributed by atoms with Crippen LogP contribution in [0, 0.1) is 0 Å². The third-order valence-electron chi connectivity index (χ3n) is 5.04. The number of fused-ring (bicyclic) bond motifs is 1. The predicted octanol–water partition coefficient (Wildman–Crippen LogP) is 3.67. The molecule has 1 fully saturated rings. The van der Waals surface area contributed by atoms with Gasteiger partial charge in [0, 0.05) is 24.1 Å². The molecule has 1 amide bonds. The summed E-state index contributed by atoms with van der Waals surface area (Å²) in [6.07, 6.45) is 8.40. The molecule has 1 saturated carbocycles. The average Bonchev–Trinajstić information content (AvgIpc) is 2.70. The summed E-state index contributed by atoms with van der Waals surface area (Å²) in [6.45, 7) is 0. The average molecular weight is 347 g/mol. The number of benzene rings is 1. The first-order chi connectivity index (χ1) is 12.8. The number of anilines is 1. The minimum atomic E-state index is -0.322. The summed E-state index contributed by atoms with van der Waals surface area (Å²) in [7, 11) is 0. The molecule has 1 aliphatic carbocycles. The number of aromatic nitrogens is 2. The highest BCUT2D eigenvalue weighted by Gasteiger charge is 2.29. The standard InChI is InChI=1S/C21H21N3O2/c25-20-18(15-22-19-13-7-8-14-23(19)20)21(26)24(16-9-3-1-4-10-16)17-11-5-2-6-12-17/h1,3-4,7-10,13-15,17H,2,5-6,11-12H2. The maximum atomic E-state index is 13.4. The van der Waals surface area contributed by atoms with E-state index < -0.39 is 0 Å². The lowest BCUT2D eigenvalue weighted by atomic mass is 9.93. The summed E-state index contributed by atoms with van der Waals surface area (Å²) >= 11 is 0. The van der Waals surface area contributed by atoms with Crippen LogP contribution in [0.5, 0.6) is 0 Å². The molecule has 3 aromatic rings. The lowest BCUT2D eigenvalue weighted by molar-refractivity contribution is 0.0968. The molecule has 0 radical (unpaired) electrons. The third kappa shape index (κ3) is 3.01. The summed E-state index contributed by atoms with van der Waals surface area (Å²) in [5, 5.41) is 0. The van der Waals surface area contributed by atoms with E-state index in [-0.39, 0.29) is 23.1 Å². The number of para-hydroxylation sites is 1. The molecule has 5 nitrogen and oxygen atoms in total. The molecule has 0 bridgehead atoms. The van der Waals surface area contributed by atoms with E-state index in [9.17, 15) is 9.59 Å². The zero-order chi connectivity index (χ0) is 17.9. The van der Waals surface area contributed by atoms with Crippen molar-refractivity contribution in [3.05, 3.63) is 76.8 Å². The number of carbonyl (C=O) groups is 1. The Morgan fingerprint density at radius 2 is 1.73 bits per heavy atom. The molecule has 0 atom stereocenters. The summed E-state index contributed by atoms with van der Waals surface area (Å²) in [5.74, 6) is -0.265. The first-order valence-corrected chi connectivity index (χ1v) is 9.11. The molecule has 1 aliphatic rings. The van der Waals surface area contributed by atoms with Gasteiger partial charge in [-0.15, -0.1) is 0 Å². The molecule has 0 aliphatic heterocycles. The maximum absolute atomic E-state index is 13.4. The van der Waals surface area contributed by atoms with Gasteiger partial charge in [-0.2, -0.15) is 0 Å². The minimum Gasteiger partial charge on any atom is -0.305 e. The van der Waals surface area contributed by atoms with Crippen LogP contribution in [-0.4, -0.2) is 21.3 Å². The summed E-state index contributed by atoms with van der Waals surface area (Å²) < 4.78 is 1.43. The molecule has 2 heterocycles. The van der Waals surface area contributed by atoms with E-state index in [0.29, 0.717) is 5.65 Å². The van der Waals surface area contributed by atoms with E-state index in [1.165, 1.54) is 17.0 Å². The van der Waals surface area contributed by atoms with Gasteiger partial charge in [0.25, 0.3) is 11.5 Å². The monoisotopic (exact) mass is 347 g/mol. The van der Waals surface area contributed by atoms with Crippen molar-refractivity contribution in [1.29, 1.82) is 0 Å². The fourth-order valence-corrected chi connectivity index (χ4v) is 3.72. The summed E-state index contributed by atoms with van der Waals surface area (Å²) in [5.41, 5.74) is 1.17. The quantitative estimate of drug-likeness (QED) is 0.726. The topological polar surface area (TPSA) is 54.7 Å². The Labute approximate surface area is 151 Å². The van der Waals surface area contributed by atoms with Crippen molar-refractivity contribution in [2.45, 2.75) is 38.1 Å². The van der Waals surface area contributed by atoms with E-state index in [0.717, 1.165) is 31.4 Å². The Balaban J connectivity index is 1.79. The molecule has 4 rings (SSSR count). The molecular formula is C21H21N3O2. The molecule has 132 valence electrons. The summed E-state index contributed by atoms with van der Waals surface area (Å²) in [6, 6.07) is 15.1. The normalized spacial score (nSPS) is 15.1. The predicted molar refractivity (Wildman–Crippen MR) is 102 cm³/mol. The molecule has 26 heavy (non-hydrogen) atoms. The van der Waals surface area contributed by atoms with Crippen LogP contribution >= 0.6 is 0 Å². The van der Waals surface area contributed by atoms with Gasteiger partial charge in [-0.3, -0.25) is 14.0 Å². The Bertz CT molecular complexity index is 975. The van der Waals surface area contributed by atoms with Crippen molar-refractivity contribution in [3.63, 3.8) is 0 Å². The highest BCUT2D eigenvalue weighted by atomic mass is 16.2. The number of hydrogen-bond acceptors (Lipinski definition) is 3. The molecule has 0 saturated heterocycles. The van der Waals surface area contributed by atoms with Crippen molar-refractivity contribution in [3.8, 4) is 0 Å². The number of carbonyl (C=O) groups excluding carboxylic acids is 1. The van der Waals surface area contributed by atoms with Gasteiger partial charge in [-0.25, -0.2) is 4.98 Å². The van der Waals surface area contributed by atoms with Crippen LogP contribution in [0.2, 0.25) is 0 Å². The van der Waals surface area contributed by atoms with Crippen LogP contribution in [0.3, 0.4) is 0 Å². The second kappa shape index (κ2) is 7.12. The SMILES string of the molecule is O=C(c1cnc2ccccn2c1=O)N(c1ccccc1)C1CCCCC1. The fraction of sp³-hybridized carbons (Fsp3) is 0.286. The van der Waals surface area contributed by atoms with Gasteiger partial charge >= 0.3 is 0 Å². The molecule has 1 aromatic carbocycles. The largest absolute Gasteiger partial charge is 0.305 e. The smallest absolute Gasteiger partial charge is 0.270 e. The van der Waals surface area contributed by atoms with E-state index >= 15 is 0 Å². The van der Waals surface area contributed by atoms with Crippen LogP contribution in [0.15, 0.2) is 65.7 Å². The first kappa shape index (κ1) is 16.5. The Morgan fingerprint density at radius 3 is 2.50 bits per heavy atom. The lowest BCUT2D eigenvalue weighted by Gasteiger charge is -2.34. The van der Waals surface area contributed by atoms with Crippen LogP contribution < -0.4 is 10.5 Å². The van der Waals surface area contributed by atoms with Crippen molar-refractivity contribution < 1.29 is 4.79 Å². The number of rotatable bonds is 3. The van der Waals surface area contributed by atoms with Gasteiger partial charge in [-0.1, -0.05) is 43.5 Å². The Hall–Kier alpha value is -2.95. The fourth-order valence-electron chi connectivity index (χ4n) is 3.72. The molecule has 0 spiro atoms. The lowest BCUT2D eigenvalue weighted by Crippen LogP contribution is -2.44. The first-order valence-electron chi connectivity index (χ1n) is 9.11. The van der Waals surface area contributed by atoms with Crippen LogP contribution in [0.25, 0.3) is 5.65 Å². The molecular weight excluding hydrogens is 326 g/mol. The number of nitrogens with zero attached hydrogens (tertiary/aromatic N) is 3. The third-order valence-corrected chi connectivity index (χ3v) is 5.04. The summed E-state index contributed by atoms with van der Waals surface area (Å²) in [4.78, 5) is 32.3. The second-order valence-corrected chi connectivity index (χ2v) is 6.71. The van der Waals surface area contributed by atoms with Gasteiger partial charge in [0.15, 0.2) is 0 Å². The maximum Gasteiger partial charge on any atom is 0.270 e. The molecule has 2 aromatic heterocycles. The van der Waals surface area contributed by atoms with Crippen molar-refractivity contribution in [2.75, 3.05) is 4.90 Å². The van der Waals surface area contributed by atoms with Crippen LogP contribution in [-0.2, 0) is 0 Å². The van der Waals surface area contributed by atoms with Crippen molar-refractivity contribution >= 4 is 17.2 Å². The van der Waals surface area contributed by atoms with E-state index in [4.69, 9.17) is 0 Å². The second-order valence-electron chi connectivity index (χ2n) is 6.71. The minimum absolute atomic E-state index is 0.114. The Kier molecular flexibility index (Phi) is 4.52.